The van der Waals surface area contributed by atoms with Crippen LogP contribution < -0.4 is 0 Å². The summed E-state index contributed by atoms with van der Waals surface area (Å²) < 4.78 is 0. The van der Waals surface area contributed by atoms with Crippen LogP contribution in [0.5, 0.6) is 0 Å². The molecule has 0 aromatic carbocycles. The molecular weight excluding hydrogens is 122 g/mol. The van der Waals surface area contributed by atoms with Gasteiger partial charge in [0.15, 0.2) is 0 Å². The maximum absolute atomic E-state index is 3.26. The minimum atomic E-state index is 0.675. The van der Waals surface area contributed by atoms with Crippen LogP contribution in [0.4, 0.5) is 0 Å². The molecule has 52 valence electrons. The Morgan fingerprint density at radius 2 is 2.40 bits per heavy atom. The van der Waals surface area contributed by atoms with E-state index in [0.717, 1.165) is 0 Å². The SMILES string of the molecule is Cc1c[nH]c(C2C=CC2)c1. The molecule has 0 amide bonds. The molecule has 0 saturated heterocycles. The average Bonchev–Trinajstić information content (AvgIpc) is 2.10. The topological polar surface area (TPSA) is 15.8 Å². The fourth-order valence-electron chi connectivity index (χ4n) is 1.24. The van der Waals surface area contributed by atoms with Crippen molar-refractivity contribution >= 4 is 0 Å². The average molecular weight is 133 g/mol. The standard InChI is InChI=1S/C9H11N/c1-7-5-9(10-6-7)8-3-2-4-8/h2-3,5-6,8,10H,4H2,1H3. The van der Waals surface area contributed by atoms with Crippen molar-refractivity contribution in [1.29, 1.82) is 0 Å². The molecule has 1 heterocycles. The summed E-state index contributed by atoms with van der Waals surface area (Å²) in [5, 5.41) is 0. The van der Waals surface area contributed by atoms with E-state index in [9.17, 15) is 0 Å². The molecule has 1 atom stereocenters. The second-order valence-corrected chi connectivity index (χ2v) is 2.90. The van der Waals surface area contributed by atoms with Crippen molar-refractivity contribution in [2.45, 2.75) is 19.3 Å². The Hall–Kier alpha value is -0.980. The van der Waals surface area contributed by atoms with E-state index in [1.165, 1.54) is 17.7 Å². The van der Waals surface area contributed by atoms with Crippen molar-refractivity contribution in [3.63, 3.8) is 0 Å². The number of aryl methyl sites for hydroxylation is 1. The molecule has 1 nitrogen and oxygen atoms in total. The zero-order valence-electron chi connectivity index (χ0n) is 6.09. The molecule has 1 aliphatic rings. The monoisotopic (exact) mass is 133 g/mol. The zero-order chi connectivity index (χ0) is 6.97. The van der Waals surface area contributed by atoms with Gasteiger partial charge >= 0.3 is 0 Å². The van der Waals surface area contributed by atoms with Crippen molar-refractivity contribution in [2.24, 2.45) is 0 Å². The van der Waals surface area contributed by atoms with Crippen LogP contribution in [0.1, 0.15) is 23.6 Å². The Morgan fingerprint density at radius 1 is 1.60 bits per heavy atom. The largest absolute Gasteiger partial charge is 0.364 e. The van der Waals surface area contributed by atoms with Crippen molar-refractivity contribution in [2.75, 3.05) is 0 Å². The molecule has 10 heavy (non-hydrogen) atoms. The van der Waals surface area contributed by atoms with Crippen molar-refractivity contribution in [3.8, 4) is 0 Å². The second-order valence-electron chi connectivity index (χ2n) is 2.90. The van der Waals surface area contributed by atoms with Gasteiger partial charge in [0.05, 0.1) is 0 Å². The summed E-state index contributed by atoms with van der Waals surface area (Å²) in [4.78, 5) is 3.26. The van der Waals surface area contributed by atoms with E-state index >= 15 is 0 Å². The first-order valence-corrected chi connectivity index (χ1v) is 3.68. The molecular formula is C9H11N. The Balaban J connectivity index is 2.26. The number of hydrogen-bond donors (Lipinski definition) is 1. The third-order valence-electron chi connectivity index (χ3n) is 2.01. The van der Waals surface area contributed by atoms with Gasteiger partial charge < -0.3 is 4.98 Å². The fourth-order valence-corrected chi connectivity index (χ4v) is 1.24. The summed E-state index contributed by atoms with van der Waals surface area (Å²) in [6.45, 7) is 2.11. The summed E-state index contributed by atoms with van der Waals surface area (Å²) >= 11 is 0. The van der Waals surface area contributed by atoms with Gasteiger partial charge in [-0.25, -0.2) is 0 Å². The molecule has 0 saturated carbocycles. The second kappa shape index (κ2) is 2.01. The normalized spacial score (nSPS) is 22.7. The van der Waals surface area contributed by atoms with E-state index in [2.05, 4.69) is 36.3 Å². The molecule has 1 unspecified atom stereocenters. The first-order valence-electron chi connectivity index (χ1n) is 3.68. The minimum absolute atomic E-state index is 0.675. The number of hydrogen-bond acceptors (Lipinski definition) is 0. The van der Waals surface area contributed by atoms with E-state index in [1.807, 2.05) is 0 Å². The van der Waals surface area contributed by atoms with Gasteiger partial charge in [0.25, 0.3) is 0 Å². The summed E-state index contributed by atoms with van der Waals surface area (Å²) in [5.41, 5.74) is 2.69. The Labute approximate surface area is 60.8 Å². The van der Waals surface area contributed by atoms with Gasteiger partial charge in [0, 0.05) is 17.8 Å². The third-order valence-corrected chi connectivity index (χ3v) is 2.01. The van der Waals surface area contributed by atoms with Crippen LogP contribution in [0.15, 0.2) is 24.4 Å². The van der Waals surface area contributed by atoms with Crippen LogP contribution in [0.3, 0.4) is 0 Å². The van der Waals surface area contributed by atoms with Crippen LogP contribution in [0.2, 0.25) is 0 Å². The van der Waals surface area contributed by atoms with Gasteiger partial charge in [0.1, 0.15) is 0 Å². The van der Waals surface area contributed by atoms with Gasteiger partial charge in [-0.15, -0.1) is 0 Å². The quantitative estimate of drug-likeness (QED) is 0.566. The first-order chi connectivity index (χ1) is 4.86. The first kappa shape index (κ1) is 5.78. The lowest BCUT2D eigenvalue weighted by Gasteiger charge is -2.15. The molecule has 1 aliphatic carbocycles. The Morgan fingerprint density at radius 3 is 2.80 bits per heavy atom. The predicted molar refractivity (Wildman–Crippen MR) is 42.0 cm³/mol. The summed E-state index contributed by atoms with van der Waals surface area (Å²) in [6.07, 6.45) is 7.72. The zero-order valence-corrected chi connectivity index (χ0v) is 6.09. The van der Waals surface area contributed by atoms with E-state index in [0.29, 0.717) is 5.92 Å². The molecule has 0 bridgehead atoms. The number of aromatic nitrogens is 1. The van der Waals surface area contributed by atoms with Crippen molar-refractivity contribution < 1.29 is 0 Å². The van der Waals surface area contributed by atoms with Crippen molar-refractivity contribution in [3.05, 3.63) is 35.7 Å². The molecule has 1 aromatic rings. The predicted octanol–water partition coefficient (Wildman–Crippen LogP) is 2.37. The molecule has 0 radical (unpaired) electrons. The molecule has 2 rings (SSSR count). The molecule has 0 fully saturated rings. The summed E-state index contributed by atoms with van der Waals surface area (Å²) in [7, 11) is 0. The van der Waals surface area contributed by atoms with Crippen LogP contribution in [-0.2, 0) is 0 Å². The van der Waals surface area contributed by atoms with Gasteiger partial charge in [-0.05, 0) is 25.0 Å². The smallest absolute Gasteiger partial charge is 0.0222 e. The number of aromatic amines is 1. The van der Waals surface area contributed by atoms with E-state index in [1.54, 1.807) is 0 Å². The van der Waals surface area contributed by atoms with Crippen LogP contribution >= 0.6 is 0 Å². The molecule has 0 aliphatic heterocycles. The van der Waals surface area contributed by atoms with Crippen LogP contribution in [-0.4, -0.2) is 4.98 Å². The van der Waals surface area contributed by atoms with Gasteiger partial charge in [0.2, 0.25) is 0 Å². The lowest BCUT2D eigenvalue weighted by atomic mass is 9.92. The van der Waals surface area contributed by atoms with Crippen LogP contribution in [0.25, 0.3) is 0 Å². The number of H-pyrrole nitrogens is 1. The highest BCUT2D eigenvalue weighted by Gasteiger charge is 2.12. The highest BCUT2D eigenvalue weighted by Crippen LogP contribution is 2.27. The maximum Gasteiger partial charge on any atom is 0.0222 e. The van der Waals surface area contributed by atoms with Crippen LogP contribution in [0, 0.1) is 6.92 Å². The minimum Gasteiger partial charge on any atom is -0.364 e. The van der Waals surface area contributed by atoms with E-state index < -0.39 is 0 Å². The Kier molecular flexibility index (Phi) is 1.16. The van der Waals surface area contributed by atoms with E-state index in [-0.39, 0.29) is 0 Å². The van der Waals surface area contributed by atoms with Crippen molar-refractivity contribution in [1.82, 2.24) is 4.98 Å². The molecule has 1 heteroatoms. The maximum atomic E-state index is 3.26. The van der Waals surface area contributed by atoms with Gasteiger partial charge in [-0.3, -0.25) is 0 Å². The number of rotatable bonds is 1. The number of nitrogens with one attached hydrogen (secondary N) is 1. The fraction of sp³-hybridized carbons (Fsp3) is 0.333. The lowest BCUT2D eigenvalue weighted by molar-refractivity contribution is 0.769. The highest BCUT2D eigenvalue weighted by molar-refractivity contribution is 5.26. The highest BCUT2D eigenvalue weighted by atomic mass is 14.7. The molecule has 0 spiro atoms. The Bertz CT molecular complexity index is 257. The third kappa shape index (κ3) is 0.783. The summed E-state index contributed by atoms with van der Waals surface area (Å²) in [5.74, 6) is 0.675. The lowest BCUT2D eigenvalue weighted by Crippen LogP contribution is -2.00. The molecule has 1 aromatic heterocycles. The van der Waals surface area contributed by atoms with Gasteiger partial charge in [-0.1, -0.05) is 12.2 Å². The van der Waals surface area contributed by atoms with E-state index in [4.69, 9.17) is 0 Å². The summed E-state index contributed by atoms with van der Waals surface area (Å²) in [6, 6.07) is 2.22. The number of allylic oxidation sites excluding steroid dienone is 2. The molecule has 1 N–H and O–H groups in total. The van der Waals surface area contributed by atoms with Gasteiger partial charge in [-0.2, -0.15) is 0 Å².